The van der Waals surface area contributed by atoms with Gasteiger partial charge in [0.2, 0.25) is 0 Å². The molecule has 0 spiro atoms. The van der Waals surface area contributed by atoms with Crippen LogP contribution >= 0.6 is 0 Å². The summed E-state index contributed by atoms with van der Waals surface area (Å²) in [5.74, 6) is 0. The molecule has 1 aliphatic heterocycles. The smallest absolute Gasteiger partial charge is 0.396 e. The van der Waals surface area contributed by atoms with Gasteiger partial charge in [0.05, 0.1) is 17.6 Å². The van der Waals surface area contributed by atoms with Gasteiger partial charge in [-0.3, -0.25) is 0 Å². The first-order valence-corrected chi connectivity index (χ1v) is 6.53. The molecule has 0 aromatic carbocycles. The van der Waals surface area contributed by atoms with E-state index in [0.717, 1.165) is 31.6 Å². The Labute approximate surface area is 116 Å². The van der Waals surface area contributed by atoms with Gasteiger partial charge in [0.25, 0.3) is 0 Å². The van der Waals surface area contributed by atoms with Crippen LogP contribution < -0.4 is 10.6 Å². The summed E-state index contributed by atoms with van der Waals surface area (Å²) in [6.07, 6.45) is -1.20. The highest BCUT2D eigenvalue weighted by atomic mass is 19.4. The number of pyridine rings is 1. The number of likely N-dealkylation sites (tertiary alicyclic amines) is 1. The molecule has 1 aromatic heterocycles. The molecule has 2 rings (SSSR count). The zero-order valence-electron chi connectivity index (χ0n) is 11.6. The molecule has 2 heterocycles. The number of hydrogen-bond donors (Lipinski definition) is 1. The highest BCUT2D eigenvalue weighted by Crippen LogP contribution is 2.32. The number of aromatic nitrogens is 1. The van der Waals surface area contributed by atoms with E-state index >= 15 is 0 Å². The molecule has 0 bridgehead atoms. The molecule has 0 saturated carbocycles. The Hall–Kier alpha value is -1.50. The van der Waals surface area contributed by atoms with Gasteiger partial charge in [0, 0.05) is 19.6 Å². The summed E-state index contributed by atoms with van der Waals surface area (Å²) in [6, 6.07) is 1.37. The van der Waals surface area contributed by atoms with Gasteiger partial charge in [-0.05, 0) is 32.5 Å². The molecule has 1 fully saturated rings. The van der Waals surface area contributed by atoms with Crippen molar-refractivity contribution in [2.24, 2.45) is 0 Å². The summed E-state index contributed by atoms with van der Waals surface area (Å²) >= 11 is 0. The van der Waals surface area contributed by atoms with Crippen LogP contribution in [-0.2, 0) is 6.18 Å². The van der Waals surface area contributed by atoms with Crippen molar-refractivity contribution in [3.8, 4) is 0 Å². The quantitative estimate of drug-likeness (QED) is 0.926. The summed E-state index contributed by atoms with van der Waals surface area (Å²) in [4.78, 5) is 7.35. The fourth-order valence-corrected chi connectivity index (χ4v) is 2.57. The molecule has 0 aliphatic carbocycles. The molecule has 7 heteroatoms. The summed E-state index contributed by atoms with van der Waals surface area (Å²) < 4.78 is 38.1. The number of nitrogen functional groups attached to an aromatic ring is 1. The molecule has 2 N–H and O–H groups in total. The molecular formula is C13H19F3N4. The van der Waals surface area contributed by atoms with E-state index in [9.17, 15) is 13.2 Å². The minimum absolute atomic E-state index is 0.265. The van der Waals surface area contributed by atoms with E-state index in [4.69, 9.17) is 5.73 Å². The molecule has 1 aliphatic rings. The second-order valence-electron chi connectivity index (χ2n) is 5.28. The van der Waals surface area contributed by atoms with Crippen LogP contribution in [0.1, 0.15) is 18.5 Å². The van der Waals surface area contributed by atoms with Crippen molar-refractivity contribution in [2.75, 3.05) is 37.8 Å². The number of nitrogens with zero attached hydrogens (tertiary/aromatic N) is 3. The molecule has 112 valence electrons. The van der Waals surface area contributed by atoms with E-state index in [1.165, 1.54) is 0 Å². The minimum atomic E-state index is -4.45. The van der Waals surface area contributed by atoms with Crippen LogP contribution in [0.2, 0.25) is 0 Å². The van der Waals surface area contributed by atoms with Crippen molar-refractivity contribution in [1.29, 1.82) is 0 Å². The second kappa shape index (κ2) is 5.47. The van der Waals surface area contributed by atoms with Gasteiger partial charge in [-0.1, -0.05) is 0 Å². The standard InChI is InChI=1S/C13H19F3N4/c1-19-5-3-4-9(19)8-20(2)11-6-12(13(14,15)16)18-7-10(11)17/h6-7,9H,3-5,8,17H2,1-2H3. The third-order valence-electron chi connectivity index (χ3n) is 3.77. The van der Waals surface area contributed by atoms with Crippen LogP contribution in [0.3, 0.4) is 0 Å². The number of rotatable bonds is 3. The average molecular weight is 288 g/mol. The van der Waals surface area contributed by atoms with Gasteiger partial charge in [0.15, 0.2) is 0 Å². The zero-order valence-corrected chi connectivity index (χ0v) is 11.6. The van der Waals surface area contributed by atoms with Crippen LogP contribution in [0, 0.1) is 0 Å². The Bertz CT molecular complexity index is 475. The maximum absolute atomic E-state index is 12.7. The third kappa shape index (κ3) is 3.15. The number of nitrogens with two attached hydrogens (primary N) is 1. The van der Waals surface area contributed by atoms with Crippen molar-refractivity contribution in [3.63, 3.8) is 0 Å². The molecule has 4 nitrogen and oxygen atoms in total. The Kier molecular flexibility index (Phi) is 4.08. The summed E-state index contributed by atoms with van der Waals surface area (Å²) in [5, 5.41) is 0. The predicted octanol–water partition coefficient (Wildman–Crippen LogP) is 2.21. The first kappa shape index (κ1) is 14.9. The second-order valence-corrected chi connectivity index (χ2v) is 5.28. The van der Waals surface area contributed by atoms with Gasteiger partial charge < -0.3 is 15.5 Å². The normalized spacial score (nSPS) is 20.4. The number of halogens is 3. The maximum Gasteiger partial charge on any atom is 0.433 e. The zero-order chi connectivity index (χ0) is 14.9. The molecule has 1 unspecified atom stereocenters. The lowest BCUT2D eigenvalue weighted by Crippen LogP contribution is -2.37. The molecule has 0 amide bonds. The third-order valence-corrected chi connectivity index (χ3v) is 3.77. The van der Waals surface area contributed by atoms with Gasteiger partial charge >= 0.3 is 6.18 Å². The van der Waals surface area contributed by atoms with E-state index < -0.39 is 11.9 Å². The van der Waals surface area contributed by atoms with Crippen LogP contribution in [0.15, 0.2) is 12.3 Å². The van der Waals surface area contributed by atoms with Crippen molar-refractivity contribution in [2.45, 2.75) is 25.1 Å². The van der Waals surface area contributed by atoms with Crippen molar-refractivity contribution < 1.29 is 13.2 Å². The number of likely N-dealkylation sites (N-methyl/N-ethyl adjacent to an activating group) is 2. The Morgan fingerprint density at radius 1 is 1.50 bits per heavy atom. The SMILES string of the molecule is CN(CC1CCCN1C)c1cc(C(F)(F)F)ncc1N. The van der Waals surface area contributed by atoms with E-state index in [0.29, 0.717) is 18.3 Å². The molecular weight excluding hydrogens is 269 g/mol. The van der Waals surface area contributed by atoms with Crippen molar-refractivity contribution >= 4 is 11.4 Å². The largest absolute Gasteiger partial charge is 0.433 e. The van der Waals surface area contributed by atoms with Gasteiger partial charge in [-0.25, -0.2) is 4.98 Å². The Morgan fingerprint density at radius 2 is 2.20 bits per heavy atom. The molecule has 1 aromatic rings. The van der Waals surface area contributed by atoms with E-state index in [1.54, 1.807) is 11.9 Å². The van der Waals surface area contributed by atoms with Crippen LogP contribution in [0.25, 0.3) is 0 Å². The number of hydrogen-bond acceptors (Lipinski definition) is 4. The molecule has 0 radical (unpaired) electrons. The molecule has 1 atom stereocenters. The Balaban J connectivity index is 2.18. The fourth-order valence-electron chi connectivity index (χ4n) is 2.57. The highest BCUT2D eigenvalue weighted by molar-refractivity contribution is 5.66. The average Bonchev–Trinajstić information content (AvgIpc) is 2.74. The van der Waals surface area contributed by atoms with Crippen LogP contribution in [-0.4, -0.2) is 43.1 Å². The molecule has 1 saturated heterocycles. The van der Waals surface area contributed by atoms with Crippen molar-refractivity contribution in [3.05, 3.63) is 18.0 Å². The first-order valence-electron chi connectivity index (χ1n) is 6.53. The van der Waals surface area contributed by atoms with Gasteiger partial charge in [0.1, 0.15) is 5.69 Å². The lowest BCUT2D eigenvalue weighted by molar-refractivity contribution is -0.141. The number of alkyl halides is 3. The Morgan fingerprint density at radius 3 is 2.75 bits per heavy atom. The summed E-state index contributed by atoms with van der Waals surface area (Å²) in [5.41, 5.74) is 5.50. The fraction of sp³-hybridized carbons (Fsp3) is 0.615. The topological polar surface area (TPSA) is 45.4 Å². The lowest BCUT2D eigenvalue weighted by Gasteiger charge is -2.28. The van der Waals surface area contributed by atoms with E-state index in [1.807, 2.05) is 7.05 Å². The first-order chi connectivity index (χ1) is 9.29. The monoisotopic (exact) mass is 288 g/mol. The summed E-state index contributed by atoms with van der Waals surface area (Å²) in [6.45, 7) is 1.68. The van der Waals surface area contributed by atoms with Gasteiger partial charge in [-0.2, -0.15) is 13.2 Å². The summed E-state index contributed by atoms with van der Waals surface area (Å²) in [7, 11) is 3.79. The van der Waals surface area contributed by atoms with Gasteiger partial charge in [-0.15, -0.1) is 0 Å². The lowest BCUT2D eigenvalue weighted by atomic mass is 10.2. The van der Waals surface area contributed by atoms with Crippen LogP contribution in [0.5, 0.6) is 0 Å². The minimum Gasteiger partial charge on any atom is -0.396 e. The predicted molar refractivity (Wildman–Crippen MR) is 72.6 cm³/mol. The highest BCUT2D eigenvalue weighted by Gasteiger charge is 2.33. The number of anilines is 2. The van der Waals surface area contributed by atoms with E-state index in [-0.39, 0.29) is 5.69 Å². The van der Waals surface area contributed by atoms with Crippen LogP contribution in [0.4, 0.5) is 24.5 Å². The van der Waals surface area contributed by atoms with E-state index in [2.05, 4.69) is 9.88 Å². The molecule has 20 heavy (non-hydrogen) atoms. The maximum atomic E-state index is 12.7. The van der Waals surface area contributed by atoms with Crippen molar-refractivity contribution in [1.82, 2.24) is 9.88 Å².